The first-order valence-corrected chi connectivity index (χ1v) is 5.68. The Morgan fingerprint density at radius 1 is 1.29 bits per heavy atom. The zero-order chi connectivity index (χ0) is 11.3. The summed E-state index contributed by atoms with van der Waals surface area (Å²) >= 11 is 3.52. The summed E-state index contributed by atoms with van der Waals surface area (Å²) in [6.45, 7) is 9.22. The second-order valence-electron chi connectivity index (χ2n) is 5.11. The highest BCUT2D eigenvalue weighted by Crippen LogP contribution is 2.47. The van der Waals surface area contributed by atoms with Gasteiger partial charge in [0, 0.05) is 4.83 Å². The lowest BCUT2D eigenvalue weighted by atomic mass is 9.84. The number of nitrogens with zero attached hydrogens (tertiary/aromatic N) is 1. The highest BCUT2D eigenvalue weighted by molar-refractivity contribution is 9.09. The molecule has 0 radical (unpaired) electrons. The SMILES string of the molecule is CC(=O)C1C(Br)C(C)(C)N(O)C1(C)C. The van der Waals surface area contributed by atoms with Crippen molar-refractivity contribution in [3.63, 3.8) is 0 Å². The summed E-state index contributed by atoms with van der Waals surface area (Å²) in [5, 5.41) is 11.3. The molecule has 1 fully saturated rings. The molecular weight excluding hydrogens is 246 g/mol. The van der Waals surface area contributed by atoms with Crippen molar-refractivity contribution in [1.29, 1.82) is 0 Å². The van der Waals surface area contributed by atoms with E-state index in [9.17, 15) is 10.0 Å². The van der Waals surface area contributed by atoms with E-state index in [1.807, 2.05) is 27.7 Å². The third-order valence-corrected chi connectivity index (χ3v) is 4.91. The highest BCUT2D eigenvalue weighted by atomic mass is 79.9. The third-order valence-electron chi connectivity index (χ3n) is 3.26. The quantitative estimate of drug-likeness (QED) is 0.738. The van der Waals surface area contributed by atoms with Gasteiger partial charge in [0.05, 0.1) is 17.0 Å². The van der Waals surface area contributed by atoms with Crippen LogP contribution in [0.3, 0.4) is 0 Å². The highest BCUT2D eigenvalue weighted by Gasteiger charge is 2.58. The molecule has 0 aromatic rings. The van der Waals surface area contributed by atoms with Crippen LogP contribution in [0.5, 0.6) is 0 Å². The molecule has 0 spiro atoms. The van der Waals surface area contributed by atoms with Crippen molar-refractivity contribution in [2.45, 2.75) is 50.5 Å². The minimum atomic E-state index is -0.510. The van der Waals surface area contributed by atoms with Gasteiger partial charge < -0.3 is 5.21 Å². The molecule has 1 heterocycles. The Kier molecular flexibility index (Phi) is 2.85. The Balaban J connectivity index is 3.16. The number of rotatable bonds is 1. The van der Waals surface area contributed by atoms with Crippen LogP contribution >= 0.6 is 15.9 Å². The molecule has 2 atom stereocenters. The Morgan fingerprint density at radius 2 is 1.71 bits per heavy atom. The van der Waals surface area contributed by atoms with Crippen molar-refractivity contribution < 1.29 is 10.0 Å². The molecule has 0 amide bonds. The van der Waals surface area contributed by atoms with Gasteiger partial charge in [-0.15, -0.1) is 0 Å². The summed E-state index contributed by atoms with van der Waals surface area (Å²) in [5.74, 6) is -0.0657. The predicted octanol–water partition coefficient (Wildman–Crippen LogP) is 2.22. The number of carbonyl (C=O) groups excluding carboxylic acids is 1. The Labute approximate surface area is 93.6 Å². The molecular formula is C10H18BrNO2. The molecule has 1 saturated heterocycles. The molecule has 1 rings (SSSR count). The van der Waals surface area contributed by atoms with Crippen LogP contribution in [0.25, 0.3) is 0 Å². The second-order valence-corrected chi connectivity index (χ2v) is 6.10. The van der Waals surface area contributed by atoms with Gasteiger partial charge in [-0.25, -0.2) is 0 Å². The van der Waals surface area contributed by atoms with E-state index in [0.717, 1.165) is 0 Å². The summed E-state index contributed by atoms with van der Waals surface area (Å²) < 4.78 is 0. The van der Waals surface area contributed by atoms with E-state index in [1.54, 1.807) is 6.92 Å². The second kappa shape index (κ2) is 3.29. The maximum atomic E-state index is 11.5. The molecule has 0 aromatic carbocycles. The van der Waals surface area contributed by atoms with Crippen LogP contribution in [0, 0.1) is 5.92 Å². The van der Waals surface area contributed by atoms with Crippen LogP contribution < -0.4 is 0 Å². The summed E-state index contributed by atoms with van der Waals surface area (Å²) in [6, 6.07) is 0. The average Bonchev–Trinajstić information content (AvgIpc) is 2.10. The number of carbonyl (C=O) groups is 1. The topological polar surface area (TPSA) is 40.5 Å². The zero-order valence-electron chi connectivity index (χ0n) is 9.34. The van der Waals surface area contributed by atoms with Crippen LogP contribution in [0.2, 0.25) is 0 Å². The monoisotopic (exact) mass is 263 g/mol. The van der Waals surface area contributed by atoms with E-state index in [1.165, 1.54) is 5.06 Å². The lowest BCUT2D eigenvalue weighted by molar-refractivity contribution is -0.196. The van der Waals surface area contributed by atoms with Gasteiger partial charge in [-0.3, -0.25) is 4.79 Å². The molecule has 0 aromatic heterocycles. The third kappa shape index (κ3) is 1.44. The molecule has 3 nitrogen and oxygen atoms in total. The van der Waals surface area contributed by atoms with Crippen molar-refractivity contribution in [3.05, 3.63) is 0 Å². The van der Waals surface area contributed by atoms with Crippen LogP contribution in [0.4, 0.5) is 0 Å². The molecule has 1 aliphatic rings. The van der Waals surface area contributed by atoms with E-state index >= 15 is 0 Å². The fraction of sp³-hybridized carbons (Fsp3) is 0.900. The van der Waals surface area contributed by atoms with E-state index in [0.29, 0.717) is 0 Å². The Morgan fingerprint density at radius 3 is 1.86 bits per heavy atom. The van der Waals surface area contributed by atoms with Crippen molar-refractivity contribution in [2.75, 3.05) is 0 Å². The summed E-state index contributed by atoms with van der Waals surface area (Å²) in [5.41, 5.74) is -0.927. The number of alkyl halides is 1. The average molecular weight is 264 g/mol. The number of hydroxylamine groups is 2. The van der Waals surface area contributed by atoms with Crippen molar-refractivity contribution in [2.24, 2.45) is 5.92 Å². The fourth-order valence-electron chi connectivity index (χ4n) is 2.46. The lowest BCUT2D eigenvalue weighted by Crippen LogP contribution is -2.48. The van der Waals surface area contributed by atoms with E-state index in [-0.39, 0.29) is 16.5 Å². The molecule has 4 heteroatoms. The Hall–Kier alpha value is 0.0700. The van der Waals surface area contributed by atoms with E-state index < -0.39 is 11.1 Å². The van der Waals surface area contributed by atoms with Gasteiger partial charge in [-0.1, -0.05) is 15.9 Å². The first kappa shape index (κ1) is 12.1. The molecule has 0 saturated carbocycles. The normalized spacial score (nSPS) is 35.9. The molecule has 82 valence electrons. The smallest absolute Gasteiger partial charge is 0.136 e. The van der Waals surface area contributed by atoms with E-state index in [2.05, 4.69) is 15.9 Å². The first-order valence-electron chi connectivity index (χ1n) is 4.77. The number of halogens is 1. The Bertz CT molecular complexity index is 263. The van der Waals surface area contributed by atoms with Crippen molar-refractivity contribution >= 4 is 21.7 Å². The summed E-state index contributed by atoms with van der Waals surface area (Å²) in [7, 11) is 0. The molecule has 1 N–H and O–H groups in total. The number of ketones is 1. The van der Waals surface area contributed by atoms with Crippen LogP contribution in [0.1, 0.15) is 34.6 Å². The van der Waals surface area contributed by atoms with Gasteiger partial charge in [0.25, 0.3) is 0 Å². The van der Waals surface area contributed by atoms with Crippen molar-refractivity contribution in [1.82, 2.24) is 5.06 Å². The number of hydrogen-bond acceptors (Lipinski definition) is 3. The van der Waals surface area contributed by atoms with Crippen LogP contribution in [-0.2, 0) is 4.79 Å². The van der Waals surface area contributed by atoms with Gasteiger partial charge in [-0.05, 0) is 34.6 Å². The molecule has 14 heavy (non-hydrogen) atoms. The maximum Gasteiger partial charge on any atom is 0.136 e. The maximum absolute atomic E-state index is 11.5. The van der Waals surface area contributed by atoms with E-state index in [4.69, 9.17) is 0 Å². The van der Waals surface area contributed by atoms with Crippen LogP contribution in [-0.4, -0.2) is 32.0 Å². The molecule has 2 unspecified atom stereocenters. The van der Waals surface area contributed by atoms with Gasteiger partial charge in [0.15, 0.2) is 0 Å². The van der Waals surface area contributed by atoms with Gasteiger partial charge in [0.1, 0.15) is 5.78 Å². The van der Waals surface area contributed by atoms with Gasteiger partial charge in [-0.2, -0.15) is 5.06 Å². The van der Waals surface area contributed by atoms with Gasteiger partial charge in [0.2, 0.25) is 0 Å². The minimum Gasteiger partial charge on any atom is -0.313 e. The predicted molar refractivity (Wildman–Crippen MR) is 58.7 cm³/mol. The fourth-order valence-corrected chi connectivity index (χ4v) is 3.67. The van der Waals surface area contributed by atoms with Crippen molar-refractivity contribution in [3.8, 4) is 0 Å². The van der Waals surface area contributed by atoms with Gasteiger partial charge >= 0.3 is 0 Å². The number of hydrogen-bond donors (Lipinski definition) is 1. The zero-order valence-corrected chi connectivity index (χ0v) is 10.9. The summed E-state index contributed by atoms with van der Waals surface area (Å²) in [4.78, 5) is 11.5. The van der Waals surface area contributed by atoms with Crippen LogP contribution in [0.15, 0.2) is 0 Å². The molecule has 0 aliphatic carbocycles. The molecule has 1 aliphatic heterocycles. The summed E-state index contributed by atoms with van der Waals surface area (Å²) in [6.07, 6.45) is 0. The lowest BCUT2D eigenvalue weighted by Gasteiger charge is -2.35. The first-order chi connectivity index (χ1) is 6.13. The minimum absolute atomic E-state index is 0.0208. The number of Topliss-reactive ketones (excluding diaryl/α,β-unsaturated/α-hetero) is 1. The largest absolute Gasteiger partial charge is 0.313 e. The standard InChI is InChI=1S/C10H18BrNO2/c1-6(13)7-8(11)10(4,5)12(14)9(7,2)3/h7-8,14H,1-5H3. The molecule has 0 bridgehead atoms.